The highest BCUT2D eigenvalue weighted by Crippen LogP contribution is 2.26. The fraction of sp³-hybridized carbons (Fsp3) is 0.379. The lowest BCUT2D eigenvalue weighted by atomic mass is 9.86. The van der Waals surface area contributed by atoms with Crippen LogP contribution in [0.15, 0.2) is 59.8 Å². The van der Waals surface area contributed by atoms with Crippen LogP contribution in [-0.2, 0) is 16.8 Å². The van der Waals surface area contributed by atoms with Gasteiger partial charge in [0.05, 0.1) is 5.75 Å². The summed E-state index contributed by atoms with van der Waals surface area (Å²) in [4.78, 5) is 38.4. The van der Waals surface area contributed by atoms with Gasteiger partial charge in [-0.2, -0.15) is 0 Å². The number of thioether (sulfide) groups is 1. The van der Waals surface area contributed by atoms with E-state index in [2.05, 4.69) is 41.0 Å². The minimum Gasteiger partial charge on any atom is -0.353 e. The average Bonchev–Trinajstić information content (AvgIpc) is 2.90. The lowest BCUT2D eigenvalue weighted by Gasteiger charge is -2.40. The number of amides is 2. The summed E-state index contributed by atoms with van der Waals surface area (Å²) in [6, 6.07) is 15.5. The lowest BCUT2D eigenvalue weighted by Crippen LogP contribution is -2.54. The summed E-state index contributed by atoms with van der Waals surface area (Å²) in [7, 11) is 0. The highest BCUT2D eigenvalue weighted by Gasteiger charge is 2.29. The third-order valence-electron chi connectivity index (χ3n) is 6.61. The Morgan fingerprint density at radius 1 is 1.08 bits per heavy atom. The van der Waals surface area contributed by atoms with Crippen LogP contribution >= 0.6 is 23.4 Å². The Morgan fingerprint density at radius 3 is 2.41 bits per heavy atom. The SMILES string of the molecule is CC1CN(c2cc(Cl)nc(SCC(=O)NCc3ccc(F)cc3)n2)CCN1C(=O)c1ccc(C(C)(C)C)cc1. The number of nitrogens with zero attached hydrogens (tertiary/aromatic N) is 4. The molecule has 7 nitrogen and oxygen atoms in total. The molecule has 0 aliphatic carbocycles. The molecule has 1 atom stereocenters. The molecule has 206 valence electrons. The quantitative estimate of drug-likeness (QED) is 0.235. The van der Waals surface area contributed by atoms with Crippen LogP contribution in [0.3, 0.4) is 0 Å². The first-order chi connectivity index (χ1) is 18.5. The largest absolute Gasteiger partial charge is 0.353 e. The van der Waals surface area contributed by atoms with Gasteiger partial charge in [0, 0.05) is 43.9 Å². The first kappa shape index (κ1) is 28.8. The second-order valence-corrected chi connectivity index (χ2v) is 12.0. The molecule has 0 radical (unpaired) electrons. The van der Waals surface area contributed by atoms with E-state index >= 15 is 0 Å². The molecule has 1 aliphatic heterocycles. The Labute approximate surface area is 238 Å². The molecule has 1 unspecified atom stereocenters. The van der Waals surface area contributed by atoms with E-state index in [1.165, 1.54) is 29.5 Å². The Hall–Kier alpha value is -3.17. The zero-order chi connectivity index (χ0) is 28.2. The van der Waals surface area contributed by atoms with Crippen LogP contribution in [0.4, 0.5) is 10.2 Å². The first-order valence-electron chi connectivity index (χ1n) is 12.8. The van der Waals surface area contributed by atoms with Gasteiger partial charge in [0.2, 0.25) is 5.91 Å². The molecule has 39 heavy (non-hydrogen) atoms. The molecular formula is C29H33ClFN5O2S. The Kier molecular flexibility index (Phi) is 9.12. The van der Waals surface area contributed by atoms with Gasteiger partial charge in [-0.1, -0.05) is 68.4 Å². The highest BCUT2D eigenvalue weighted by atomic mass is 35.5. The maximum atomic E-state index is 13.2. The van der Waals surface area contributed by atoms with E-state index in [4.69, 9.17) is 11.6 Å². The summed E-state index contributed by atoms with van der Waals surface area (Å²) in [5.74, 6) is 0.297. The molecule has 0 saturated carbocycles. The second kappa shape index (κ2) is 12.3. The number of carbonyl (C=O) groups excluding carboxylic acids is 2. The van der Waals surface area contributed by atoms with Gasteiger partial charge in [-0.25, -0.2) is 14.4 Å². The molecule has 2 heterocycles. The van der Waals surface area contributed by atoms with Crippen LogP contribution in [-0.4, -0.2) is 58.1 Å². The molecule has 10 heteroatoms. The molecule has 1 N–H and O–H groups in total. The van der Waals surface area contributed by atoms with E-state index < -0.39 is 0 Å². The van der Waals surface area contributed by atoms with Crippen LogP contribution in [0.2, 0.25) is 5.15 Å². The van der Waals surface area contributed by atoms with Crippen LogP contribution in [0, 0.1) is 5.82 Å². The maximum Gasteiger partial charge on any atom is 0.254 e. The number of hydrogen-bond acceptors (Lipinski definition) is 6. The number of benzene rings is 2. The molecule has 1 fully saturated rings. The summed E-state index contributed by atoms with van der Waals surface area (Å²) in [6.45, 7) is 10.5. The summed E-state index contributed by atoms with van der Waals surface area (Å²) in [5.41, 5.74) is 2.72. The van der Waals surface area contributed by atoms with E-state index in [1.54, 1.807) is 18.2 Å². The van der Waals surface area contributed by atoms with Gasteiger partial charge in [0.25, 0.3) is 5.91 Å². The average molecular weight is 570 g/mol. The number of carbonyl (C=O) groups is 2. The van der Waals surface area contributed by atoms with E-state index in [0.29, 0.717) is 47.9 Å². The second-order valence-electron chi connectivity index (χ2n) is 10.6. The molecule has 2 amide bonds. The van der Waals surface area contributed by atoms with Crippen LogP contribution in [0.1, 0.15) is 49.2 Å². The zero-order valence-electron chi connectivity index (χ0n) is 22.6. The van der Waals surface area contributed by atoms with Crippen molar-refractivity contribution < 1.29 is 14.0 Å². The number of anilines is 1. The molecule has 1 aromatic heterocycles. The smallest absolute Gasteiger partial charge is 0.254 e. The van der Waals surface area contributed by atoms with Gasteiger partial charge in [-0.15, -0.1) is 0 Å². The number of halogens is 2. The summed E-state index contributed by atoms with van der Waals surface area (Å²) in [6.07, 6.45) is 0. The van der Waals surface area contributed by atoms with Gasteiger partial charge in [0.15, 0.2) is 5.16 Å². The van der Waals surface area contributed by atoms with Crippen molar-refractivity contribution in [2.45, 2.75) is 50.9 Å². The van der Waals surface area contributed by atoms with Gasteiger partial charge < -0.3 is 15.1 Å². The summed E-state index contributed by atoms with van der Waals surface area (Å²) >= 11 is 7.49. The molecule has 4 rings (SSSR count). The predicted molar refractivity (Wildman–Crippen MR) is 154 cm³/mol. The number of nitrogens with one attached hydrogen (secondary N) is 1. The van der Waals surface area contributed by atoms with Crippen molar-refractivity contribution in [1.29, 1.82) is 0 Å². The van der Waals surface area contributed by atoms with Crippen LogP contribution in [0.25, 0.3) is 0 Å². The van der Waals surface area contributed by atoms with Gasteiger partial charge in [-0.3, -0.25) is 9.59 Å². The number of hydrogen-bond donors (Lipinski definition) is 1. The summed E-state index contributed by atoms with van der Waals surface area (Å²) in [5, 5.41) is 3.50. The number of piperazine rings is 1. The lowest BCUT2D eigenvalue weighted by molar-refractivity contribution is -0.118. The molecule has 1 aliphatic rings. The number of rotatable bonds is 7. The third-order valence-corrected chi connectivity index (χ3v) is 7.65. The predicted octanol–water partition coefficient (Wildman–Crippen LogP) is 5.33. The van der Waals surface area contributed by atoms with Gasteiger partial charge >= 0.3 is 0 Å². The highest BCUT2D eigenvalue weighted by molar-refractivity contribution is 7.99. The Balaban J connectivity index is 1.33. The fourth-order valence-corrected chi connectivity index (χ4v) is 5.25. The van der Waals surface area contributed by atoms with Gasteiger partial charge in [-0.05, 0) is 47.7 Å². The van der Waals surface area contributed by atoms with Crippen molar-refractivity contribution in [1.82, 2.24) is 20.2 Å². The zero-order valence-corrected chi connectivity index (χ0v) is 24.2. The van der Waals surface area contributed by atoms with E-state index in [-0.39, 0.29) is 34.8 Å². The van der Waals surface area contributed by atoms with Crippen molar-refractivity contribution in [2.75, 3.05) is 30.3 Å². The standard InChI is InChI=1S/C29H33ClFN5O2S/c1-19-17-35(13-14-36(19)27(38)21-7-9-22(10-8-21)29(2,3)4)25-15-24(30)33-28(34-25)39-18-26(37)32-16-20-5-11-23(31)12-6-20/h5-12,15,19H,13-14,16-18H2,1-4H3,(H,32,37). The van der Waals surface area contributed by atoms with Crippen molar-refractivity contribution in [3.05, 3.63) is 82.3 Å². The first-order valence-corrected chi connectivity index (χ1v) is 14.2. The molecule has 2 aromatic carbocycles. The van der Waals surface area contributed by atoms with E-state index in [9.17, 15) is 14.0 Å². The van der Waals surface area contributed by atoms with Gasteiger partial charge in [0.1, 0.15) is 16.8 Å². The Bertz CT molecular complexity index is 1310. The minimum atomic E-state index is -0.317. The van der Waals surface area contributed by atoms with Crippen molar-refractivity contribution in [2.24, 2.45) is 0 Å². The number of aromatic nitrogens is 2. The normalized spacial score (nSPS) is 15.8. The fourth-order valence-electron chi connectivity index (χ4n) is 4.34. The van der Waals surface area contributed by atoms with Crippen LogP contribution in [0.5, 0.6) is 0 Å². The maximum absolute atomic E-state index is 13.2. The van der Waals surface area contributed by atoms with E-state index in [0.717, 1.165) is 5.56 Å². The minimum absolute atomic E-state index is 0.0197. The van der Waals surface area contributed by atoms with Crippen molar-refractivity contribution in [3.63, 3.8) is 0 Å². The molecular weight excluding hydrogens is 537 g/mol. The van der Waals surface area contributed by atoms with Crippen molar-refractivity contribution in [3.8, 4) is 0 Å². The molecule has 0 spiro atoms. The summed E-state index contributed by atoms with van der Waals surface area (Å²) < 4.78 is 13.0. The Morgan fingerprint density at radius 2 is 1.77 bits per heavy atom. The molecule has 0 bridgehead atoms. The molecule has 1 saturated heterocycles. The third kappa shape index (κ3) is 7.70. The van der Waals surface area contributed by atoms with E-state index in [1.807, 2.05) is 36.1 Å². The topological polar surface area (TPSA) is 78.4 Å². The monoisotopic (exact) mass is 569 g/mol. The molecule has 3 aromatic rings. The van der Waals surface area contributed by atoms with Crippen LogP contribution < -0.4 is 10.2 Å². The van der Waals surface area contributed by atoms with Crippen molar-refractivity contribution >= 4 is 41.0 Å².